The fourth-order valence-corrected chi connectivity index (χ4v) is 1.97. The molecule has 2 rings (SSSR count). The smallest absolute Gasteiger partial charge is 0.428 e. The monoisotopic (exact) mass is 288 g/mol. The van der Waals surface area contributed by atoms with Gasteiger partial charge in [0.2, 0.25) is 0 Å². The second-order valence-corrected chi connectivity index (χ2v) is 5.64. The maximum atomic E-state index is 11.6. The third kappa shape index (κ3) is 4.48. The molecular weight excluding hydrogens is 264 g/mol. The van der Waals surface area contributed by atoms with E-state index in [4.69, 9.17) is 9.47 Å². The Morgan fingerprint density at radius 2 is 1.81 bits per heavy atom. The number of ether oxygens (including phenoxy) is 2. The van der Waals surface area contributed by atoms with E-state index in [-0.39, 0.29) is 0 Å². The zero-order valence-electron chi connectivity index (χ0n) is 13.6. The van der Waals surface area contributed by atoms with Crippen molar-refractivity contribution < 1.29 is 14.3 Å². The van der Waals surface area contributed by atoms with Gasteiger partial charge in [0.25, 0.3) is 0 Å². The van der Waals surface area contributed by atoms with Gasteiger partial charge < -0.3 is 9.47 Å². The van der Waals surface area contributed by atoms with E-state index in [1.165, 1.54) is 0 Å². The number of hydrogen-bond acceptors (Lipinski definition) is 3. The van der Waals surface area contributed by atoms with E-state index in [9.17, 15) is 4.79 Å². The second kappa shape index (κ2) is 6.61. The molecule has 1 aromatic rings. The summed E-state index contributed by atoms with van der Waals surface area (Å²) in [4.78, 5) is 11.6. The van der Waals surface area contributed by atoms with Crippen molar-refractivity contribution in [1.29, 1.82) is 0 Å². The normalized spacial score (nSPS) is 13.2. The molecule has 114 valence electrons. The van der Waals surface area contributed by atoms with Crippen LogP contribution in [0.25, 0.3) is 5.57 Å². The molecule has 0 aliphatic heterocycles. The number of hydrogen-bond donors (Lipinski definition) is 0. The zero-order valence-corrected chi connectivity index (χ0v) is 13.6. The number of rotatable bonds is 1. The van der Waals surface area contributed by atoms with Gasteiger partial charge in [-0.1, -0.05) is 33.1 Å². The molecule has 21 heavy (non-hydrogen) atoms. The summed E-state index contributed by atoms with van der Waals surface area (Å²) in [6, 6.07) is 5.48. The Balaban J connectivity index is 0.00000106. The van der Waals surface area contributed by atoms with Gasteiger partial charge in [0.05, 0.1) is 0 Å². The number of carbonyl (C=O) groups is 1. The number of fused-ring (bicyclic) bond motifs is 1. The highest BCUT2D eigenvalue weighted by atomic mass is 16.7. The van der Waals surface area contributed by atoms with E-state index in [0.29, 0.717) is 5.75 Å². The quantitative estimate of drug-likeness (QED) is 0.529. The summed E-state index contributed by atoms with van der Waals surface area (Å²) in [5.41, 5.74) is 3.55. The third-order valence-corrected chi connectivity index (χ3v) is 2.82. The molecule has 0 unspecified atom stereocenters. The van der Waals surface area contributed by atoms with Crippen LogP contribution in [0.5, 0.6) is 5.75 Å². The van der Waals surface area contributed by atoms with Crippen LogP contribution in [-0.4, -0.2) is 11.8 Å². The summed E-state index contributed by atoms with van der Waals surface area (Å²) < 4.78 is 10.3. The Hall–Kier alpha value is -2.03. The van der Waals surface area contributed by atoms with Gasteiger partial charge in [0, 0.05) is 0 Å². The summed E-state index contributed by atoms with van der Waals surface area (Å²) in [6.07, 6.45) is 0.0581. The average molecular weight is 288 g/mol. The summed E-state index contributed by atoms with van der Waals surface area (Å²) in [7, 11) is 0. The Bertz CT molecular complexity index is 562. The molecule has 0 heterocycles. The van der Waals surface area contributed by atoms with Gasteiger partial charge >= 0.3 is 6.16 Å². The number of benzene rings is 1. The lowest BCUT2D eigenvalue weighted by Crippen LogP contribution is -2.26. The fourth-order valence-electron chi connectivity index (χ4n) is 1.97. The molecule has 1 aliphatic rings. The van der Waals surface area contributed by atoms with Gasteiger partial charge in [-0.25, -0.2) is 4.79 Å². The first-order valence-corrected chi connectivity index (χ1v) is 7.17. The Morgan fingerprint density at radius 3 is 2.38 bits per heavy atom. The lowest BCUT2D eigenvalue weighted by atomic mass is 10.1. The average Bonchev–Trinajstić information content (AvgIpc) is 2.65. The summed E-state index contributed by atoms with van der Waals surface area (Å²) in [6.45, 7) is 17.3. The van der Waals surface area contributed by atoms with Crippen molar-refractivity contribution in [3.05, 3.63) is 48.1 Å². The van der Waals surface area contributed by atoms with Crippen molar-refractivity contribution in [2.45, 2.75) is 46.6 Å². The summed E-state index contributed by atoms with van der Waals surface area (Å²) in [5, 5.41) is 0. The minimum absolute atomic E-state index is 0.482. The van der Waals surface area contributed by atoms with Crippen LogP contribution < -0.4 is 4.74 Å². The molecule has 0 aromatic heterocycles. The first-order chi connectivity index (χ1) is 9.76. The van der Waals surface area contributed by atoms with Crippen LogP contribution in [0.3, 0.4) is 0 Å². The van der Waals surface area contributed by atoms with E-state index >= 15 is 0 Å². The van der Waals surface area contributed by atoms with Gasteiger partial charge in [-0.05, 0) is 61.6 Å². The maximum Gasteiger partial charge on any atom is 0.514 e. The maximum absolute atomic E-state index is 11.6. The molecular formula is C18H24O3. The van der Waals surface area contributed by atoms with Crippen LogP contribution in [0, 0.1) is 0 Å². The van der Waals surface area contributed by atoms with Crippen LogP contribution in [0.1, 0.15) is 45.7 Å². The third-order valence-electron chi connectivity index (χ3n) is 2.82. The number of carbonyl (C=O) groups excluding carboxylic acids is 1. The van der Waals surface area contributed by atoms with E-state index in [1.54, 1.807) is 26.8 Å². The highest BCUT2D eigenvalue weighted by Crippen LogP contribution is 2.36. The predicted molar refractivity (Wildman–Crippen MR) is 86.5 cm³/mol. The molecule has 0 spiro atoms. The van der Waals surface area contributed by atoms with Crippen LogP contribution in [-0.2, 0) is 11.2 Å². The summed E-state index contributed by atoms with van der Waals surface area (Å²) >= 11 is 0. The Morgan fingerprint density at radius 1 is 1.19 bits per heavy atom. The second-order valence-electron chi connectivity index (χ2n) is 5.64. The highest BCUT2D eigenvalue weighted by molar-refractivity contribution is 5.84. The molecule has 1 aromatic carbocycles. The molecule has 1 aliphatic carbocycles. The van der Waals surface area contributed by atoms with Crippen molar-refractivity contribution in [2.75, 3.05) is 0 Å². The minimum atomic E-state index is -0.692. The van der Waals surface area contributed by atoms with E-state index < -0.39 is 11.8 Å². The molecule has 0 atom stereocenters. The molecule has 0 amide bonds. The molecule has 0 fully saturated rings. The topological polar surface area (TPSA) is 35.5 Å². The van der Waals surface area contributed by atoms with Crippen molar-refractivity contribution in [2.24, 2.45) is 0 Å². The van der Waals surface area contributed by atoms with Crippen LogP contribution in [0.2, 0.25) is 0 Å². The van der Waals surface area contributed by atoms with Crippen LogP contribution in [0.4, 0.5) is 4.79 Å². The molecule has 0 saturated heterocycles. The van der Waals surface area contributed by atoms with Crippen molar-refractivity contribution in [3.8, 4) is 5.75 Å². The standard InChI is InChI=1S/C16H18O3.C2H6/c1-10-8-12-9-13(6-7-14(12)11(10)2)18-15(17)19-16(3,4)5;1-2/h6-7,9H,1-2,8H2,3-5H3;1-2H3. The SMILES string of the molecule is C=C1Cc2cc(OC(=O)OC(C)(C)C)ccc2C1=C.CC. The van der Waals surface area contributed by atoms with Crippen LogP contribution in [0.15, 0.2) is 36.9 Å². The lowest BCUT2D eigenvalue weighted by Gasteiger charge is -2.18. The largest absolute Gasteiger partial charge is 0.514 e. The minimum Gasteiger partial charge on any atom is -0.428 e. The van der Waals surface area contributed by atoms with Crippen molar-refractivity contribution in [3.63, 3.8) is 0 Å². The van der Waals surface area contributed by atoms with Crippen molar-refractivity contribution >= 4 is 11.7 Å². The first kappa shape index (κ1) is 17.0. The van der Waals surface area contributed by atoms with Gasteiger partial charge in [0.1, 0.15) is 11.4 Å². The molecule has 3 heteroatoms. The molecule has 0 radical (unpaired) electrons. The molecule has 0 saturated carbocycles. The van der Waals surface area contributed by atoms with Gasteiger partial charge in [-0.2, -0.15) is 0 Å². The van der Waals surface area contributed by atoms with Gasteiger partial charge in [-0.15, -0.1) is 0 Å². The van der Waals surface area contributed by atoms with E-state index in [0.717, 1.165) is 28.7 Å². The van der Waals surface area contributed by atoms with E-state index in [1.807, 2.05) is 26.0 Å². The predicted octanol–water partition coefficient (Wildman–Crippen LogP) is 5.15. The molecule has 0 N–H and O–H groups in total. The fraction of sp³-hybridized carbons (Fsp3) is 0.389. The summed E-state index contributed by atoms with van der Waals surface area (Å²) in [5.74, 6) is 0.482. The van der Waals surface area contributed by atoms with Gasteiger partial charge in [0.15, 0.2) is 0 Å². The number of allylic oxidation sites excluding steroid dienone is 2. The zero-order chi connectivity index (χ0) is 16.2. The van der Waals surface area contributed by atoms with Gasteiger partial charge in [-0.3, -0.25) is 0 Å². The lowest BCUT2D eigenvalue weighted by molar-refractivity contribution is 0.0206. The van der Waals surface area contributed by atoms with Crippen LogP contribution >= 0.6 is 0 Å². The van der Waals surface area contributed by atoms with Crippen molar-refractivity contribution in [1.82, 2.24) is 0 Å². The first-order valence-electron chi connectivity index (χ1n) is 7.17. The van der Waals surface area contributed by atoms with E-state index in [2.05, 4.69) is 13.2 Å². The Labute approximate surface area is 127 Å². The molecule has 0 bridgehead atoms. The highest BCUT2D eigenvalue weighted by Gasteiger charge is 2.21. The molecule has 3 nitrogen and oxygen atoms in total. The Kier molecular flexibility index (Phi) is 5.36.